The normalized spacial score (nSPS) is 12.0. The molecule has 1 amide bonds. The van der Waals surface area contributed by atoms with Crippen LogP contribution in [0.2, 0.25) is 0 Å². The molecule has 0 aliphatic heterocycles. The standard InChI is InChI=1S/C20H25NO2/c1-15(2)16(3)21-20(22)14-23-19-12-8-7-11-18(19)13-17-9-5-4-6-10-17/h4-12,15-16H,13-14H2,1-3H3,(H,21,22)/t16-/m0/s1. The molecule has 0 saturated heterocycles. The highest BCUT2D eigenvalue weighted by molar-refractivity contribution is 5.77. The van der Waals surface area contributed by atoms with Crippen molar-refractivity contribution in [3.8, 4) is 5.75 Å². The first-order chi connectivity index (χ1) is 11.1. The van der Waals surface area contributed by atoms with Crippen LogP contribution in [0.5, 0.6) is 5.75 Å². The second kappa shape index (κ2) is 8.37. The summed E-state index contributed by atoms with van der Waals surface area (Å²) in [6.07, 6.45) is 0.793. The monoisotopic (exact) mass is 311 g/mol. The molecule has 0 aliphatic rings. The molecule has 1 N–H and O–H groups in total. The molecular weight excluding hydrogens is 286 g/mol. The smallest absolute Gasteiger partial charge is 0.258 e. The van der Waals surface area contributed by atoms with Crippen LogP contribution >= 0.6 is 0 Å². The van der Waals surface area contributed by atoms with Gasteiger partial charge in [-0.3, -0.25) is 4.79 Å². The molecular formula is C20H25NO2. The van der Waals surface area contributed by atoms with Crippen LogP contribution in [0.1, 0.15) is 31.9 Å². The molecule has 3 nitrogen and oxygen atoms in total. The predicted molar refractivity (Wildman–Crippen MR) is 93.6 cm³/mol. The van der Waals surface area contributed by atoms with Gasteiger partial charge in [0.05, 0.1) is 0 Å². The molecule has 122 valence electrons. The topological polar surface area (TPSA) is 38.3 Å². The van der Waals surface area contributed by atoms with Gasteiger partial charge in [-0.25, -0.2) is 0 Å². The molecule has 23 heavy (non-hydrogen) atoms. The van der Waals surface area contributed by atoms with Crippen molar-refractivity contribution in [2.24, 2.45) is 5.92 Å². The molecule has 2 rings (SSSR count). The van der Waals surface area contributed by atoms with Gasteiger partial charge < -0.3 is 10.1 Å². The van der Waals surface area contributed by atoms with Gasteiger partial charge in [0.25, 0.3) is 5.91 Å². The Balaban J connectivity index is 1.97. The highest BCUT2D eigenvalue weighted by atomic mass is 16.5. The Hall–Kier alpha value is -2.29. The van der Waals surface area contributed by atoms with Crippen molar-refractivity contribution >= 4 is 5.91 Å². The lowest BCUT2D eigenvalue weighted by Crippen LogP contribution is -2.39. The van der Waals surface area contributed by atoms with Gasteiger partial charge in [0.1, 0.15) is 5.75 Å². The van der Waals surface area contributed by atoms with Gasteiger partial charge >= 0.3 is 0 Å². The number of benzene rings is 2. The van der Waals surface area contributed by atoms with Gasteiger partial charge in [-0.1, -0.05) is 62.4 Å². The molecule has 0 spiro atoms. The number of hydrogen-bond donors (Lipinski definition) is 1. The summed E-state index contributed by atoms with van der Waals surface area (Å²) in [5.74, 6) is 1.09. The molecule has 0 radical (unpaired) electrons. The summed E-state index contributed by atoms with van der Waals surface area (Å²) in [4.78, 5) is 12.0. The third kappa shape index (κ3) is 5.44. The number of rotatable bonds is 7. The van der Waals surface area contributed by atoms with E-state index in [4.69, 9.17) is 4.74 Å². The molecule has 0 heterocycles. The summed E-state index contributed by atoms with van der Waals surface area (Å²) in [6, 6.07) is 18.3. The minimum atomic E-state index is -0.0827. The van der Waals surface area contributed by atoms with E-state index in [1.807, 2.05) is 49.4 Å². The number of nitrogens with one attached hydrogen (secondary N) is 1. The molecule has 1 atom stereocenters. The van der Waals surface area contributed by atoms with Gasteiger partial charge in [0.15, 0.2) is 6.61 Å². The maximum atomic E-state index is 12.0. The lowest BCUT2D eigenvalue weighted by atomic mass is 10.0. The predicted octanol–water partition coefficient (Wildman–Crippen LogP) is 3.82. The lowest BCUT2D eigenvalue weighted by molar-refractivity contribution is -0.124. The van der Waals surface area contributed by atoms with Crippen LogP contribution < -0.4 is 10.1 Å². The van der Waals surface area contributed by atoms with Crippen molar-refractivity contribution < 1.29 is 9.53 Å². The second-order valence-electron chi connectivity index (χ2n) is 6.16. The molecule has 2 aromatic carbocycles. The third-order valence-corrected chi connectivity index (χ3v) is 3.96. The van der Waals surface area contributed by atoms with Crippen molar-refractivity contribution in [3.63, 3.8) is 0 Å². The first-order valence-electron chi connectivity index (χ1n) is 8.10. The largest absolute Gasteiger partial charge is 0.483 e. The molecule has 3 heteroatoms. The van der Waals surface area contributed by atoms with Crippen LogP contribution in [0.3, 0.4) is 0 Å². The molecule has 0 aliphatic carbocycles. The van der Waals surface area contributed by atoms with Gasteiger partial charge in [-0.15, -0.1) is 0 Å². The maximum Gasteiger partial charge on any atom is 0.258 e. The van der Waals surface area contributed by atoms with E-state index in [0.29, 0.717) is 5.92 Å². The van der Waals surface area contributed by atoms with Crippen LogP contribution in [-0.4, -0.2) is 18.6 Å². The van der Waals surface area contributed by atoms with Gasteiger partial charge in [-0.2, -0.15) is 0 Å². The van der Waals surface area contributed by atoms with E-state index < -0.39 is 0 Å². The van der Waals surface area contributed by atoms with Crippen LogP contribution in [-0.2, 0) is 11.2 Å². The van der Waals surface area contributed by atoms with Crippen molar-refractivity contribution in [2.75, 3.05) is 6.61 Å². The summed E-state index contributed by atoms with van der Waals surface area (Å²) < 4.78 is 5.74. The lowest BCUT2D eigenvalue weighted by Gasteiger charge is -2.18. The van der Waals surface area contributed by atoms with Crippen LogP contribution in [0.15, 0.2) is 54.6 Å². The minimum Gasteiger partial charge on any atom is -0.483 e. The first kappa shape index (κ1) is 17.1. The summed E-state index contributed by atoms with van der Waals surface area (Å²) in [6.45, 7) is 6.22. The molecule has 0 aromatic heterocycles. The van der Waals surface area contributed by atoms with Crippen molar-refractivity contribution in [3.05, 3.63) is 65.7 Å². The zero-order valence-electron chi connectivity index (χ0n) is 14.1. The highest BCUT2D eigenvalue weighted by Crippen LogP contribution is 2.21. The SMILES string of the molecule is CC(C)[C@H](C)NC(=O)COc1ccccc1Cc1ccccc1. The van der Waals surface area contributed by atoms with E-state index in [2.05, 4.69) is 31.3 Å². The van der Waals surface area contributed by atoms with Crippen molar-refractivity contribution in [1.29, 1.82) is 0 Å². The maximum absolute atomic E-state index is 12.0. The summed E-state index contributed by atoms with van der Waals surface area (Å²) in [5.41, 5.74) is 2.31. The summed E-state index contributed by atoms with van der Waals surface area (Å²) in [5, 5.41) is 2.95. The first-order valence-corrected chi connectivity index (χ1v) is 8.10. The Bertz CT molecular complexity index is 623. The Labute approximate surface area is 138 Å². The van der Waals surface area contributed by atoms with Crippen LogP contribution in [0.25, 0.3) is 0 Å². The van der Waals surface area contributed by atoms with Gasteiger partial charge in [0, 0.05) is 12.5 Å². The number of hydrogen-bond acceptors (Lipinski definition) is 2. The zero-order valence-corrected chi connectivity index (χ0v) is 14.1. The summed E-state index contributed by atoms with van der Waals surface area (Å²) >= 11 is 0. The van der Waals surface area contributed by atoms with Gasteiger partial charge in [0.2, 0.25) is 0 Å². The fourth-order valence-electron chi connectivity index (χ4n) is 2.21. The number of carbonyl (C=O) groups is 1. The number of amides is 1. The van der Waals surface area contributed by atoms with Crippen LogP contribution in [0.4, 0.5) is 0 Å². The van der Waals surface area contributed by atoms with Crippen LogP contribution in [0, 0.1) is 5.92 Å². The van der Waals surface area contributed by atoms with Gasteiger partial charge in [-0.05, 0) is 30.0 Å². The fourth-order valence-corrected chi connectivity index (χ4v) is 2.21. The third-order valence-electron chi connectivity index (χ3n) is 3.96. The number of para-hydroxylation sites is 1. The fraction of sp³-hybridized carbons (Fsp3) is 0.350. The van der Waals surface area contributed by atoms with E-state index >= 15 is 0 Å². The van der Waals surface area contributed by atoms with Crippen molar-refractivity contribution in [1.82, 2.24) is 5.32 Å². The van der Waals surface area contributed by atoms with E-state index in [9.17, 15) is 4.79 Å². The second-order valence-corrected chi connectivity index (χ2v) is 6.16. The Morgan fingerprint density at radius 3 is 2.35 bits per heavy atom. The molecule has 2 aromatic rings. The Kier molecular flexibility index (Phi) is 6.21. The zero-order chi connectivity index (χ0) is 16.7. The number of ether oxygens (including phenoxy) is 1. The Morgan fingerprint density at radius 1 is 1.00 bits per heavy atom. The van der Waals surface area contributed by atoms with E-state index in [1.165, 1.54) is 5.56 Å². The molecule has 0 saturated carbocycles. The Morgan fingerprint density at radius 2 is 1.65 bits per heavy atom. The molecule has 0 unspecified atom stereocenters. The highest BCUT2D eigenvalue weighted by Gasteiger charge is 2.12. The average molecular weight is 311 g/mol. The molecule has 0 fully saturated rings. The molecule has 0 bridgehead atoms. The van der Waals surface area contributed by atoms with E-state index in [0.717, 1.165) is 17.7 Å². The quantitative estimate of drug-likeness (QED) is 0.844. The van der Waals surface area contributed by atoms with E-state index in [-0.39, 0.29) is 18.6 Å². The van der Waals surface area contributed by atoms with E-state index in [1.54, 1.807) is 0 Å². The van der Waals surface area contributed by atoms with Crippen molar-refractivity contribution in [2.45, 2.75) is 33.2 Å². The number of carbonyl (C=O) groups excluding carboxylic acids is 1. The summed E-state index contributed by atoms with van der Waals surface area (Å²) in [7, 11) is 0. The minimum absolute atomic E-state index is 0.0445. The average Bonchev–Trinajstić information content (AvgIpc) is 2.55.